The molecule has 0 aliphatic carbocycles. The minimum atomic E-state index is -0.0606. The third-order valence-corrected chi connectivity index (χ3v) is 3.57. The van der Waals surface area contributed by atoms with E-state index in [0.717, 1.165) is 13.1 Å². The lowest BCUT2D eigenvalue weighted by molar-refractivity contribution is -0.115. The lowest BCUT2D eigenvalue weighted by Crippen LogP contribution is -2.34. The lowest BCUT2D eigenvalue weighted by atomic mass is 10.3. The molecule has 0 spiro atoms. The van der Waals surface area contributed by atoms with Crippen LogP contribution in [-0.2, 0) is 4.79 Å². The molecule has 2 rings (SSSR count). The average Bonchev–Trinajstić information content (AvgIpc) is 2.91. The Balaban J connectivity index is 1.63. The molecule has 0 saturated carbocycles. The Hall–Kier alpha value is -1.10. The van der Waals surface area contributed by atoms with Crippen LogP contribution in [0, 0.1) is 0 Å². The Morgan fingerprint density at radius 1 is 1.26 bits per heavy atom. The van der Waals surface area contributed by atoms with Gasteiger partial charge in [-0.2, -0.15) is 0 Å². The number of hydrogen-bond donors (Lipinski definition) is 2. The second-order valence-corrected chi connectivity index (χ2v) is 5.16. The molecule has 104 valence electrons. The van der Waals surface area contributed by atoms with Crippen molar-refractivity contribution in [2.75, 3.05) is 38.0 Å². The van der Waals surface area contributed by atoms with Crippen LogP contribution in [0.25, 0.3) is 0 Å². The van der Waals surface area contributed by atoms with Crippen LogP contribution in [0.2, 0.25) is 5.02 Å². The molecule has 1 fully saturated rings. The summed E-state index contributed by atoms with van der Waals surface area (Å²) in [6.07, 6.45) is 2.60. The van der Waals surface area contributed by atoms with Crippen molar-refractivity contribution < 1.29 is 4.79 Å². The second-order valence-electron chi connectivity index (χ2n) is 4.75. The predicted octanol–water partition coefficient (Wildman–Crippen LogP) is 1.96. The molecule has 4 nitrogen and oxygen atoms in total. The molecule has 0 unspecified atom stereocenters. The van der Waals surface area contributed by atoms with Crippen LogP contribution in [-0.4, -0.2) is 43.5 Å². The number of anilines is 1. The minimum Gasteiger partial charge on any atom is -0.324 e. The number of rotatable bonds is 6. The Labute approximate surface area is 119 Å². The fourth-order valence-corrected chi connectivity index (χ4v) is 2.39. The molecule has 1 aliphatic rings. The summed E-state index contributed by atoms with van der Waals surface area (Å²) >= 11 is 5.97. The van der Waals surface area contributed by atoms with E-state index in [9.17, 15) is 4.79 Å². The van der Waals surface area contributed by atoms with E-state index >= 15 is 0 Å². The average molecular weight is 282 g/mol. The molecule has 1 saturated heterocycles. The third-order valence-electron chi connectivity index (χ3n) is 3.24. The molecule has 0 aromatic heterocycles. The lowest BCUT2D eigenvalue weighted by Gasteiger charge is -2.14. The highest BCUT2D eigenvalue weighted by Crippen LogP contribution is 2.19. The summed E-state index contributed by atoms with van der Waals surface area (Å²) in [5.74, 6) is -0.0606. The van der Waals surface area contributed by atoms with E-state index < -0.39 is 0 Å². The van der Waals surface area contributed by atoms with E-state index in [2.05, 4.69) is 15.5 Å². The monoisotopic (exact) mass is 281 g/mol. The molecule has 1 aliphatic heterocycles. The zero-order valence-corrected chi connectivity index (χ0v) is 11.7. The van der Waals surface area contributed by atoms with Crippen molar-refractivity contribution in [2.45, 2.75) is 12.8 Å². The van der Waals surface area contributed by atoms with Crippen molar-refractivity contribution in [3.05, 3.63) is 29.3 Å². The summed E-state index contributed by atoms with van der Waals surface area (Å²) in [7, 11) is 0. The maximum Gasteiger partial charge on any atom is 0.238 e. The van der Waals surface area contributed by atoms with Gasteiger partial charge in [0, 0.05) is 13.1 Å². The second kappa shape index (κ2) is 7.48. The van der Waals surface area contributed by atoms with E-state index in [0.29, 0.717) is 17.3 Å². The zero-order chi connectivity index (χ0) is 13.5. The molecular weight excluding hydrogens is 262 g/mol. The maximum atomic E-state index is 11.7. The minimum absolute atomic E-state index is 0.0606. The summed E-state index contributed by atoms with van der Waals surface area (Å²) in [5, 5.41) is 6.51. The molecule has 0 bridgehead atoms. The quantitative estimate of drug-likeness (QED) is 0.784. The van der Waals surface area contributed by atoms with Crippen molar-refractivity contribution in [1.29, 1.82) is 0 Å². The highest BCUT2D eigenvalue weighted by Gasteiger charge is 2.10. The van der Waals surface area contributed by atoms with E-state index in [1.807, 2.05) is 12.1 Å². The fraction of sp³-hybridized carbons (Fsp3) is 0.500. The molecule has 1 amide bonds. The fourth-order valence-electron chi connectivity index (χ4n) is 2.20. The molecule has 1 aromatic carbocycles. The molecule has 5 heteroatoms. The van der Waals surface area contributed by atoms with Crippen LogP contribution in [0.5, 0.6) is 0 Å². The SMILES string of the molecule is O=C(CNCCN1CCCC1)Nc1ccccc1Cl. The predicted molar refractivity (Wildman–Crippen MR) is 78.6 cm³/mol. The van der Waals surface area contributed by atoms with Gasteiger partial charge in [-0.1, -0.05) is 23.7 Å². The molecule has 1 aromatic rings. The van der Waals surface area contributed by atoms with Gasteiger partial charge in [0.15, 0.2) is 0 Å². The number of amides is 1. The number of nitrogens with one attached hydrogen (secondary N) is 2. The van der Waals surface area contributed by atoms with Crippen molar-refractivity contribution in [3.8, 4) is 0 Å². The Kier molecular flexibility index (Phi) is 5.63. The van der Waals surface area contributed by atoms with Gasteiger partial charge in [-0.05, 0) is 38.1 Å². The van der Waals surface area contributed by atoms with Crippen molar-refractivity contribution >= 4 is 23.2 Å². The smallest absolute Gasteiger partial charge is 0.238 e. The molecule has 0 atom stereocenters. The summed E-state index contributed by atoms with van der Waals surface area (Å²) in [6.45, 7) is 4.55. The normalized spacial score (nSPS) is 15.6. The van der Waals surface area contributed by atoms with Gasteiger partial charge in [0.2, 0.25) is 5.91 Å². The Morgan fingerprint density at radius 2 is 2.00 bits per heavy atom. The highest BCUT2D eigenvalue weighted by molar-refractivity contribution is 6.33. The largest absolute Gasteiger partial charge is 0.324 e. The van der Waals surface area contributed by atoms with Gasteiger partial charge in [-0.25, -0.2) is 0 Å². The van der Waals surface area contributed by atoms with Gasteiger partial charge < -0.3 is 15.5 Å². The summed E-state index contributed by atoms with van der Waals surface area (Å²) in [6, 6.07) is 7.25. The van der Waals surface area contributed by atoms with Crippen LogP contribution in [0.15, 0.2) is 24.3 Å². The van der Waals surface area contributed by atoms with Gasteiger partial charge in [0.05, 0.1) is 17.3 Å². The maximum absolute atomic E-state index is 11.7. The van der Waals surface area contributed by atoms with Gasteiger partial charge in [0.1, 0.15) is 0 Å². The van der Waals surface area contributed by atoms with Crippen molar-refractivity contribution in [2.24, 2.45) is 0 Å². The topological polar surface area (TPSA) is 44.4 Å². The van der Waals surface area contributed by atoms with Crippen LogP contribution in [0.4, 0.5) is 5.69 Å². The van der Waals surface area contributed by atoms with Crippen LogP contribution < -0.4 is 10.6 Å². The molecule has 0 radical (unpaired) electrons. The first-order valence-corrected chi connectivity index (χ1v) is 7.11. The first-order valence-electron chi connectivity index (χ1n) is 6.73. The van der Waals surface area contributed by atoms with Crippen molar-refractivity contribution in [1.82, 2.24) is 10.2 Å². The number of carbonyl (C=O) groups excluding carboxylic acids is 1. The molecule has 19 heavy (non-hydrogen) atoms. The number of nitrogens with zero attached hydrogens (tertiary/aromatic N) is 1. The number of benzene rings is 1. The van der Waals surface area contributed by atoms with E-state index in [4.69, 9.17) is 11.6 Å². The summed E-state index contributed by atoms with van der Waals surface area (Å²) in [5.41, 5.74) is 0.663. The van der Waals surface area contributed by atoms with Crippen LogP contribution in [0.3, 0.4) is 0 Å². The number of likely N-dealkylation sites (tertiary alicyclic amines) is 1. The molecule has 1 heterocycles. The van der Waals surface area contributed by atoms with Gasteiger partial charge >= 0.3 is 0 Å². The first kappa shape index (κ1) is 14.3. The molecular formula is C14H20ClN3O. The third kappa shape index (κ3) is 4.82. The number of halogens is 1. The Morgan fingerprint density at radius 3 is 2.74 bits per heavy atom. The highest BCUT2D eigenvalue weighted by atomic mass is 35.5. The first-order chi connectivity index (χ1) is 9.25. The van der Waals surface area contributed by atoms with E-state index in [-0.39, 0.29) is 5.91 Å². The number of hydrogen-bond acceptors (Lipinski definition) is 3. The summed E-state index contributed by atoms with van der Waals surface area (Å²) < 4.78 is 0. The van der Waals surface area contributed by atoms with E-state index in [1.165, 1.54) is 25.9 Å². The standard InChI is InChI=1S/C14H20ClN3O/c15-12-5-1-2-6-13(12)17-14(19)11-16-7-10-18-8-3-4-9-18/h1-2,5-6,16H,3-4,7-11H2,(H,17,19). The zero-order valence-electron chi connectivity index (χ0n) is 11.0. The van der Waals surface area contributed by atoms with E-state index in [1.54, 1.807) is 12.1 Å². The van der Waals surface area contributed by atoms with Gasteiger partial charge in [-0.15, -0.1) is 0 Å². The van der Waals surface area contributed by atoms with Crippen molar-refractivity contribution in [3.63, 3.8) is 0 Å². The summed E-state index contributed by atoms with van der Waals surface area (Å²) in [4.78, 5) is 14.1. The van der Waals surface area contributed by atoms with Gasteiger partial charge in [-0.3, -0.25) is 4.79 Å². The van der Waals surface area contributed by atoms with Crippen LogP contribution >= 0.6 is 11.6 Å². The Bertz CT molecular complexity index is 419. The van der Waals surface area contributed by atoms with Gasteiger partial charge in [0.25, 0.3) is 0 Å². The van der Waals surface area contributed by atoms with Crippen LogP contribution in [0.1, 0.15) is 12.8 Å². The number of para-hydroxylation sites is 1. The molecule has 2 N–H and O–H groups in total. The number of carbonyl (C=O) groups is 1.